The van der Waals surface area contributed by atoms with Gasteiger partial charge < -0.3 is 41.2 Å². The van der Waals surface area contributed by atoms with Crippen LogP contribution in [0.15, 0.2) is 36.5 Å². The van der Waals surface area contributed by atoms with E-state index in [1.807, 2.05) is 30.3 Å². The first kappa shape index (κ1) is 48.6. The lowest BCUT2D eigenvalue weighted by atomic mass is 9.81. The Bertz CT molecular complexity index is 1740. The summed E-state index contributed by atoms with van der Waals surface area (Å²) in [5, 5.41) is 12.1. The van der Waals surface area contributed by atoms with E-state index in [1.54, 1.807) is 68.5 Å². The van der Waals surface area contributed by atoms with Crippen molar-refractivity contribution in [2.24, 2.45) is 17.6 Å². The zero-order valence-electron chi connectivity index (χ0n) is 36.5. The van der Waals surface area contributed by atoms with Crippen molar-refractivity contribution < 1.29 is 43.0 Å². The summed E-state index contributed by atoms with van der Waals surface area (Å²) >= 11 is 0. The number of amides is 4. The molecule has 0 spiro atoms. The van der Waals surface area contributed by atoms with Crippen molar-refractivity contribution in [1.82, 2.24) is 26.3 Å². The van der Waals surface area contributed by atoms with Gasteiger partial charge in [-0.25, -0.2) is 14.4 Å². The first-order chi connectivity index (χ1) is 27.5. The van der Waals surface area contributed by atoms with Gasteiger partial charge in [0.25, 0.3) is 0 Å². The van der Waals surface area contributed by atoms with Gasteiger partial charge in [-0.3, -0.25) is 19.4 Å². The van der Waals surface area contributed by atoms with Crippen LogP contribution < -0.4 is 27.0 Å². The van der Waals surface area contributed by atoms with Crippen LogP contribution in [0.5, 0.6) is 0 Å². The lowest BCUT2D eigenvalue weighted by molar-refractivity contribution is -0.159. The number of unbranched alkanes of at least 4 members (excludes halogenated alkanes) is 1. The van der Waals surface area contributed by atoms with Crippen LogP contribution in [-0.4, -0.2) is 88.8 Å². The molecule has 0 unspecified atom stereocenters. The molecule has 6 N–H and O–H groups in total. The van der Waals surface area contributed by atoms with Gasteiger partial charge in [-0.1, -0.05) is 18.2 Å². The van der Waals surface area contributed by atoms with E-state index in [4.69, 9.17) is 19.9 Å². The molecule has 1 fully saturated rings. The number of pyridine rings is 1. The maximum Gasteiger partial charge on any atom is 0.329 e. The Morgan fingerprint density at radius 1 is 0.746 bits per heavy atom. The summed E-state index contributed by atoms with van der Waals surface area (Å²) < 4.78 is 16.5. The summed E-state index contributed by atoms with van der Waals surface area (Å²) in [5.41, 5.74) is 5.05. The SMILES string of the molecule is CC(C)(C)OC(=O)CC[C@H](NC(=O)N[C@@H](CCCCNC(=O)[C@H](Cc1cnc2ccccc2c1)NC(=O)C1CCC(CN)CC1)C(=O)OC(C)(C)C)C(=O)OC(C)(C)C. The van der Waals surface area contributed by atoms with Gasteiger partial charge in [0, 0.05) is 36.9 Å². The second-order valence-electron chi connectivity index (χ2n) is 18.5. The van der Waals surface area contributed by atoms with Crippen molar-refractivity contribution in [2.45, 2.75) is 161 Å². The fraction of sp³-hybridized carbons (Fsp3) is 0.659. The molecule has 0 saturated heterocycles. The van der Waals surface area contributed by atoms with Gasteiger partial charge in [0.1, 0.15) is 34.9 Å². The monoisotopic (exact) mass is 825 g/mol. The highest BCUT2D eigenvalue weighted by molar-refractivity contribution is 5.89. The number of benzene rings is 1. The molecule has 1 heterocycles. The molecule has 328 valence electrons. The number of rotatable bonds is 18. The molecule has 0 radical (unpaired) electrons. The number of esters is 3. The van der Waals surface area contributed by atoms with Crippen molar-refractivity contribution >= 4 is 46.7 Å². The number of urea groups is 1. The minimum absolute atomic E-state index is 0.0950. The number of hydrogen-bond acceptors (Lipinski definition) is 11. The number of nitrogens with one attached hydrogen (secondary N) is 4. The quantitative estimate of drug-likeness (QED) is 0.0752. The summed E-state index contributed by atoms with van der Waals surface area (Å²) in [7, 11) is 0. The average Bonchev–Trinajstić information content (AvgIpc) is 3.13. The largest absolute Gasteiger partial charge is 0.460 e. The van der Waals surface area contributed by atoms with Crippen LogP contribution in [0, 0.1) is 11.8 Å². The highest BCUT2D eigenvalue weighted by Crippen LogP contribution is 2.28. The van der Waals surface area contributed by atoms with Crippen LogP contribution >= 0.6 is 0 Å². The number of nitrogens with zero attached hydrogens (tertiary/aromatic N) is 1. The minimum Gasteiger partial charge on any atom is -0.460 e. The molecular formula is C44H68N6O9. The standard InChI is InChI=1S/C44H68N6O9/c1-42(2,3)57-36(51)22-21-34(40(55)59-44(7,8)9)50-41(56)49-33(39(54)58-43(4,5)6)16-12-13-23-46-38(53)35(48-37(52)30-19-17-28(26-45)18-20-30)25-29-24-31-14-10-11-15-32(31)47-27-29/h10-11,14-15,24,27-28,30,33-35H,12-13,16-23,25-26,45H2,1-9H3,(H,46,53)(H,48,52)(H2,49,50,56)/t28?,30?,33-,34-,35-/m0/s1. The number of aromatic nitrogens is 1. The third-order valence-corrected chi connectivity index (χ3v) is 9.54. The Morgan fingerprint density at radius 2 is 1.32 bits per heavy atom. The van der Waals surface area contributed by atoms with Gasteiger partial charge in [-0.15, -0.1) is 0 Å². The first-order valence-corrected chi connectivity index (χ1v) is 20.9. The Morgan fingerprint density at radius 3 is 1.90 bits per heavy atom. The van der Waals surface area contributed by atoms with Crippen molar-refractivity contribution in [3.63, 3.8) is 0 Å². The Hall–Kier alpha value is -4.79. The molecule has 0 aliphatic heterocycles. The Labute approximate surface area is 349 Å². The molecule has 3 atom stereocenters. The number of fused-ring (bicyclic) bond motifs is 1. The average molecular weight is 825 g/mol. The molecule has 1 saturated carbocycles. The number of carbonyl (C=O) groups excluding carboxylic acids is 6. The summed E-state index contributed by atoms with van der Waals surface area (Å²) in [6, 6.07) is 5.68. The van der Waals surface area contributed by atoms with E-state index in [0.717, 1.165) is 42.1 Å². The van der Waals surface area contributed by atoms with E-state index in [-0.39, 0.29) is 50.0 Å². The summed E-state index contributed by atoms with van der Waals surface area (Å²) in [5.74, 6) is -2.25. The van der Waals surface area contributed by atoms with Crippen LogP contribution in [0.2, 0.25) is 0 Å². The van der Waals surface area contributed by atoms with Crippen LogP contribution in [0.25, 0.3) is 10.9 Å². The maximum atomic E-state index is 13.7. The van der Waals surface area contributed by atoms with Crippen molar-refractivity contribution in [2.75, 3.05) is 13.1 Å². The maximum absolute atomic E-state index is 13.7. The van der Waals surface area contributed by atoms with E-state index in [9.17, 15) is 28.8 Å². The van der Waals surface area contributed by atoms with Gasteiger partial charge in [0.05, 0.1) is 5.52 Å². The van der Waals surface area contributed by atoms with Crippen molar-refractivity contribution in [3.8, 4) is 0 Å². The second kappa shape index (κ2) is 22.0. The number of hydrogen-bond donors (Lipinski definition) is 5. The predicted octanol–water partition coefficient (Wildman–Crippen LogP) is 5.16. The van der Waals surface area contributed by atoms with Gasteiger partial charge >= 0.3 is 23.9 Å². The summed E-state index contributed by atoms with van der Waals surface area (Å²) in [6.45, 7) is 16.2. The number of nitrogens with two attached hydrogens (primary N) is 1. The van der Waals surface area contributed by atoms with E-state index >= 15 is 0 Å². The van der Waals surface area contributed by atoms with Gasteiger partial charge in [-0.2, -0.15) is 0 Å². The second-order valence-corrected chi connectivity index (χ2v) is 18.5. The number of carbonyl (C=O) groups is 6. The first-order valence-electron chi connectivity index (χ1n) is 20.9. The molecule has 3 rings (SSSR count). The van der Waals surface area contributed by atoms with E-state index < -0.39 is 58.9 Å². The van der Waals surface area contributed by atoms with E-state index in [0.29, 0.717) is 25.3 Å². The molecule has 1 aromatic carbocycles. The van der Waals surface area contributed by atoms with E-state index in [2.05, 4.69) is 26.3 Å². The van der Waals surface area contributed by atoms with Gasteiger partial charge in [-0.05, 0) is 144 Å². The Balaban J connectivity index is 1.65. The highest BCUT2D eigenvalue weighted by Gasteiger charge is 2.32. The topological polar surface area (TPSA) is 217 Å². The molecule has 4 amide bonds. The fourth-order valence-corrected chi connectivity index (χ4v) is 6.69. The molecule has 1 aliphatic rings. The molecule has 15 nitrogen and oxygen atoms in total. The summed E-state index contributed by atoms with van der Waals surface area (Å²) in [6.07, 6.45) is 5.88. The molecule has 0 bridgehead atoms. The van der Waals surface area contributed by atoms with Crippen LogP contribution in [0.3, 0.4) is 0 Å². The lowest BCUT2D eigenvalue weighted by Crippen LogP contribution is -2.53. The molecule has 15 heteroatoms. The minimum atomic E-state index is -1.21. The van der Waals surface area contributed by atoms with Crippen LogP contribution in [0.1, 0.15) is 126 Å². The molecule has 1 aliphatic carbocycles. The predicted molar refractivity (Wildman–Crippen MR) is 225 cm³/mol. The zero-order valence-corrected chi connectivity index (χ0v) is 36.5. The zero-order chi connectivity index (χ0) is 44.0. The fourth-order valence-electron chi connectivity index (χ4n) is 6.69. The van der Waals surface area contributed by atoms with Crippen LogP contribution in [0.4, 0.5) is 4.79 Å². The molecule has 1 aromatic heterocycles. The number of para-hydroxylation sites is 1. The van der Waals surface area contributed by atoms with Crippen molar-refractivity contribution in [1.29, 1.82) is 0 Å². The normalized spacial score (nSPS) is 17.5. The third-order valence-electron chi connectivity index (χ3n) is 9.54. The smallest absolute Gasteiger partial charge is 0.329 e. The lowest BCUT2D eigenvalue weighted by Gasteiger charge is -2.28. The van der Waals surface area contributed by atoms with Gasteiger partial charge in [0.15, 0.2) is 0 Å². The summed E-state index contributed by atoms with van der Waals surface area (Å²) in [4.78, 5) is 83.8. The van der Waals surface area contributed by atoms with E-state index in [1.165, 1.54) is 0 Å². The molecule has 59 heavy (non-hydrogen) atoms. The molecular weight excluding hydrogens is 757 g/mol. The third kappa shape index (κ3) is 18.3. The van der Waals surface area contributed by atoms with Crippen molar-refractivity contribution in [3.05, 3.63) is 42.1 Å². The molecule has 2 aromatic rings. The Kier molecular flexibility index (Phi) is 18.1. The van der Waals surface area contributed by atoms with Crippen LogP contribution in [-0.2, 0) is 44.6 Å². The highest BCUT2D eigenvalue weighted by atomic mass is 16.6. The number of ether oxygens (including phenoxy) is 3. The van der Waals surface area contributed by atoms with Gasteiger partial charge in [0.2, 0.25) is 11.8 Å².